The Morgan fingerprint density at radius 1 is 1.00 bits per heavy atom. The topological polar surface area (TPSA) is 55.8 Å². The van der Waals surface area contributed by atoms with E-state index in [9.17, 15) is 9.90 Å². The molecule has 0 saturated heterocycles. The van der Waals surface area contributed by atoms with Gasteiger partial charge in [-0.2, -0.15) is 0 Å². The number of fused-ring (bicyclic) bond motifs is 5. The Balaban J connectivity index is 1.33. The van der Waals surface area contributed by atoms with Crippen LogP contribution in [0.15, 0.2) is 0 Å². The number of carbonyl (C=O) groups is 1. The predicted octanol–water partition coefficient (Wildman–Crippen LogP) is 7.95. The van der Waals surface area contributed by atoms with Gasteiger partial charge in [0, 0.05) is 6.61 Å². The van der Waals surface area contributed by atoms with Gasteiger partial charge in [0.05, 0.1) is 5.60 Å². The highest BCUT2D eigenvalue weighted by Crippen LogP contribution is 2.68. The van der Waals surface area contributed by atoms with E-state index < -0.39 is 5.60 Å². The second-order valence-corrected chi connectivity index (χ2v) is 14.9. The molecule has 0 amide bonds. The van der Waals surface area contributed by atoms with Gasteiger partial charge in [0.2, 0.25) is 0 Å². The molecule has 4 aliphatic carbocycles. The Kier molecular flexibility index (Phi) is 9.42. The summed E-state index contributed by atoms with van der Waals surface area (Å²) in [5, 5.41) is 10.2. The van der Waals surface area contributed by atoms with Gasteiger partial charge in [-0.1, -0.05) is 47.0 Å². The molecule has 0 radical (unpaired) electrons. The molecular formula is C33H58O4. The van der Waals surface area contributed by atoms with Gasteiger partial charge in [-0.25, -0.2) is 4.79 Å². The van der Waals surface area contributed by atoms with Crippen LogP contribution in [0.25, 0.3) is 0 Å². The third-order valence-corrected chi connectivity index (χ3v) is 12.0. The summed E-state index contributed by atoms with van der Waals surface area (Å²) in [5.74, 6) is 4.77. The number of carbonyl (C=O) groups excluding carboxylic acids is 1. The van der Waals surface area contributed by atoms with Crippen LogP contribution in [0, 0.1) is 46.3 Å². The number of rotatable bonds is 11. The molecule has 0 spiro atoms. The molecule has 4 heteroatoms. The molecule has 9 atom stereocenters. The van der Waals surface area contributed by atoms with Crippen molar-refractivity contribution in [3.8, 4) is 0 Å². The third-order valence-electron chi connectivity index (χ3n) is 12.0. The van der Waals surface area contributed by atoms with Gasteiger partial charge < -0.3 is 14.6 Å². The van der Waals surface area contributed by atoms with E-state index in [-0.39, 0.29) is 18.7 Å². The zero-order chi connectivity index (χ0) is 26.8. The molecule has 0 aliphatic heterocycles. The Morgan fingerprint density at radius 2 is 1.73 bits per heavy atom. The average Bonchev–Trinajstić information content (AvgIpc) is 3.18. The predicted molar refractivity (Wildman–Crippen MR) is 150 cm³/mol. The van der Waals surface area contributed by atoms with Crippen molar-refractivity contribution in [1.82, 2.24) is 0 Å². The summed E-state index contributed by atoms with van der Waals surface area (Å²) in [7, 11) is 0. The van der Waals surface area contributed by atoms with Gasteiger partial charge in [-0.05, 0) is 131 Å². The summed E-state index contributed by atoms with van der Waals surface area (Å²) < 4.78 is 11.4. The maximum absolute atomic E-state index is 12.3. The van der Waals surface area contributed by atoms with Gasteiger partial charge in [-0.15, -0.1) is 0 Å². The molecule has 4 saturated carbocycles. The highest BCUT2D eigenvalue weighted by Gasteiger charge is 2.60. The van der Waals surface area contributed by atoms with Gasteiger partial charge in [0.25, 0.3) is 0 Å². The SMILES string of the molecule is CCCCOCC(=O)O[C@H]1CC[C@@]2(C)[C@@H](CC[C@@H]3[C@@H]2CC[C@]2(C)[C@@H]([C@H](C)CCCC(C)(C)O)CC[C@@H]32)C1. The van der Waals surface area contributed by atoms with E-state index in [1.54, 1.807) is 0 Å². The summed E-state index contributed by atoms with van der Waals surface area (Å²) in [6.07, 6.45) is 17.1. The molecule has 4 aliphatic rings. The molecule has 4 nitrogen and oxygen atoms in total. The molecule has 0 unspecified atom stereocenters. The van der Waals surface area contributed by atoms with Gasteiger partial charge in [0.1, 0.15) is 12.7 Å². The molecule has 0 aromatic carbocycles. The number of esters is 1. The van der Waals surface area contributed by atoms with Crippen molar-refractivity contribution in [1.29, 1.82) is 0 Å². The standard InChI is InChI=1S/C33H58O4/c1-7-8-20-36-22-30(34)37-25-15-18-32(5)24(21-25)11-12-26-28-14-13-27(33(28,6)19-16-29(26)32)23(2)10-9-17-31(3,4)35/h23-29,35H,7-22H2,1-6H3/t23-,24+,25+,26+,27-,28+,29+,32+,33-/m1/s1. The van der Waals surface area contributed by atoms with Crippen LogP contribution >= 0.6 is 0 Å². The molecule has 0 aromatic heterocycles. The van der Waals surface area contributed by atoms with Crippen molar-refractivity contribution in [2.24, 2.45) is 46.3 Å². The van der Waals surface area contributed by atoms with E-state index in [0.29, 0.717) is 23.4 Å². The van der Waals surface area contributed by atoms with E-state index in [4.69, 9.17) is 9.47 Å². The first kappa shape index (κ1) is 29.4. The second kappa shape index (κ2) is 11.9. The van der Waals surface area contributed by atoms with Crippen LogP contribution in [-0.2, 0) is 14.3 Å². The quantitative estimate of drug-likeness (QED) is 0.223. The summed E-state index contributed by atoms with van der Waals surface area (Å²) in [6, 6.07) is 0. The number of unbranched alkanes of at least 4 members (excludes halogenated alkanes) is 1. The molecule has 4 rings (SSSR count). The molecule has 1 N–H and O–H groups in total. The Labute approximate surface area is 228 Å². The van der Waals surface area contributed by atoms with Crippen LogP contribution in [0.3, 0.4) is 0 Å². The largest absolute Gasteiger partial charge is 0.461 e. The monoisotopic (exact) mass is 518 g/mol. The fraction of sp³-hybridized carbons (Fsp3) is 0.970. The van der Waals surface area contributed by atoms with Crippen LogP contribution in [0.4, 0.5) is 0 Å². The summed E-state index contributed by atoms with van der Waals surface area (Å²) in [6.45, 7) is 14.6. The first-order chi connectivity index (χ1) is 17.5. The molecule has 214 valence electrons. The van der Waals surface area contributed by atoms with Crippen molar-refractivity contribution in [2.45, 2.75) is 143 Å². The Hall–Kier alpha value is -0.610. The third kappa shape index (κ3) is 6.42. The van der Waals surface area contributed by atoms with E-state index in [0.717, 1.165) is 68.1 Å². The minimum atomic E-state index is -0.534. The molecule has 0 heterocycles. The van der Waals surface area contributed by atoms with Crippen molar-refractivity contribution in [3.05, 3.63) is 0 Å². The normalized spacial score (nSPS) is 40.4. The van der Waals surface area contributed by atoms with Crippen molar-refractivity contribution < 1.29 is 19.4 Å². The van der Waals surface area contributed by atoms with Gasteiger partial charge in [-0.3, -0.25) is 0 Å². The molecule has 0 bridgehead atoms. The first-order valence-electron chi connectivity index (χ1n) is 16.0. The molecule has 0 aromatic rings. The lowest BCUT2D eigenvalue weighted by molar-refractivity contribution is -0.167. The fourth-order valence-corrected chi connectivity index (χ4v) is 9.98. The maximum atomic E-state index is 12.3. The van der Waals surface area contributed by atoms with Crippen molar-refractivity contribution >= 4 is 5.97 Å². The van der Waals surface area contributed by atoms with Crippen LogP contribution in [0.5, 0.6) is 0 Å². The number of hydrogen-bond acceptors (Lipinski definition) is 4. The average molecular weight is 519 g/mol. The lowest BCUT2D eigenvalue weighted by Gasteiger charge is -2.61. The number of hydrogen-bond donors (Lipinski definition) is 1. The summed E-state index contributed by atoms with van der Waals surface area (Å²) in [5.41, 5.74) is 0.387. The van der Waals surface area contributed by atoms with E-state index in [1.807, 2.05) is 13.8 Å². The van der Waals surface area contributed by atoms with Crippen LogP contribution in [-0.4, -0.2) is 36.0 Å². The van der Waals surface area contributed by atoms with Crippen LogP contribution in [0.2, 0.25) is 0 Å². The Bertz CT molecular complexity index is 758. The molecular weight excluding hydrogens is 460 g/mol. The number of ether oxygens (including phenoxy) is 2. The molecule has 4 fully saturated rings. The lowest BCUT2D eigenvalue weighted by Crippen LogP contribution is -2.54. The smallest absolute Gasteiger partial charge is 0.332 e. The van der Waals surface area contributed by atoms with E-state index >= 15 is 0 Å². The minimum Gasteiger partial charge on any atom is -0.461 e. The van der Waals surface area contributed by atoms with Crippen molar-refractivity contribution in [3.63, 3.8) is 0 Å². The summed E-state index contributed by atoms with van der Waals surface area (Å²) in [4.78, 5) is 12.3. The zero-order valence-electron chi connectivity index (χ0n) is 25.0. The Morgan fingerprint density at radius 3 is 2.46 bits per heavy atom. The second-order valence-electron chi connectivity index (χ2n) is 14.9. The fourth-order valence-electron chi connectivity index (χ4n) is 9.98. The van der Waals surface area contributed by atoms with Gasteiger partial charge in [0.15, 0.2) is 0 Å². The van der Waals surface area contributed by atoms with Crippen LogP contribution < -0.4 is 0 Å². The minimum absolute atomic E-state index is 0.0892. The highest BCUT2D eigenvalue weighted by atomic mass is 16.6. The maximum Gasteiger partial charge on any atom is 0.332 e. The highest BCUT2D eigenvalue weighted by molar-refractivity contribution is 5.70. The van der Waals surface area contributed by atoms with E-state index in [2.05, 4.69) is 27.7 Å². The summed E-state index contributed by atoms with van der Waals surface area (Å²) >= 11 is 0. The first-order valence-corrected chi connectivity index (χ1v) is 16.0. The van der Waals surface area contributed by atoms with Crippen molar-refractivity contribution in [2.75, 3.05) is 13.2 Å². The van der Waals surface area contributed by atoms with Crippen LogP contribution in [0.1, 0.15) is 131 Å². The molecule has 37 heavy (non-hydrogen) atoms. The van der Waals surface area contributed by atoms with E-state index in [1.165, 1.54) is 51.4 Å². The lowest BCUT2D eigenvalue weighted by atomic mass is 9.44. The van der Waals surface area contributed by atoms with Gasteiger partial charge >= 0.3 is 5.97 Å². The number of aliphatic hydroxyl groups is 1. The zero-order valence-corrected chi connectivity index (χ0v) is 25.0.